The van der Waals surface area contributed by atoms with E-state index in [2.05, 4.69) is 17.2 Å². The van der Waals surface area contributed by atoms with Crippen LogP contribution in [-0.4, -0.2) is 40.2 Å². The zero-order valence-corrected chi connectivity index (χ0v) is 22.3. The standard InChI is InChI=1S/C26H29ClN4O4S/c1-5-12-36-26-29-25-28-16(3)22(24(32)34-6-2)23(31(25)30-26)18-10-11-20(21(14-18)33-4)35-15-17-8-7-9-19(27)13-17/h7-11,13-14,23H,5-6,12,15H2,1-4H3,(H,28,29,30). The van der Waals surface area contributed by atoms with Crippen molar-refractivity contribution in [3.05, 3.63) is 69.9 Å². The van der Waals surface area contributed by atoms with E-state index in [4.69, 9.17) is 30.9 Å². The maximum Gasteiger partial charge on any atom is 0.338 e. The molecule has 1 atom stereocenters. The summed E-state index contributed by atoms with van der Waals surface area (Å²) in [5.74, 6) is 2.18. The highest BCUT2D eigenvalue weighted by atomic mass is 35.5. The lowest BCUT2D eigenvalue weighted by atomic mass is 9.95. The molecular formula is C26H29ClN4O4S. The number of carbonyl (C=O) groups excluding carboxylic acids is 1. The molecule has 0 saturated heterocycles. The molecule has 0 radical (unpaired) electrons. The Hall–Kier alpha value is -3.17. The van der Waals surface area contributed by atoms with E-state index in [9.17, 15) is 4.79 Å². The van der Waals surface area contributed by atoms with Crippen LogP contribution in [0.4, 0.5) is 5.95 Å². The summed E-state index contributed by atoms with van der Waals surface area (Å²) in [4.78, 5) is 17.7. The van der Waals surface area contributed by atoms with E-state index < -0.39 is 12.0 Å². The number of hydrogen-bond acceptors (Lipinski definition) is 8. The molecule has 8 nitrogen and oxygen atoms in total. The second-order valence-electron chi connectivity index (χ2n) is 8.13. The van der Waals surface area contributed by atoms with Gasteiger partial charge in [0.1, 0.15) is 12.6 Å². The second-order valence-corrected chi connectivity index (χ2v) is 9.63. The summed E-state index contributed by atoms with van der Waals surface area (Å²) in [7, 11) is 1.58. The molecule has 4 rings (SSSR count). The van der Waals surface area contributed by atoms with Crippen LogP contribution in [0.2, 0.25) is 5.02 Å². The van der Waals surface area contributed by atoms with E-state index in [1.54, 1.807) is 30.5 Å². The molecule has 1 N–H and O–H groups in total. The molecule has 0 amide bonds. The number of benzene rings is 2. The number of esters is 1. The van der Waals surface area contributed by atoms with E-state index in [1.165, 1.54) is 0 Å². The Morgan fingerprint density at radius 3 is 2.75 bits per heavy atom. The summed E-state index contributed by atoms with van der Waals surface area (Å²) in [6.45, 7) is 6.34. The normalized spacial score (nSPS) is 14.8. The first-order chi connectivity index (χ1) is 17.4. The first-order valence-electron chi connectivity index (χ1n) is 11.7. The molecule has 1 unspecified atom stereocenters. The third-order valence-electron chi connectivity index (χ3n) is 5.55. The Kier molecular flexibility index (Phi) is 8.43. The number of fused-ring (bicyclic) bond motifs is 1. The molecule has 3 aromatic rings. The molecule has 0 spiro atoms. The minimum Gasteiger partial charge on any atom is -0.493 e. The fourth-order valence-corrected chi connectivity index (χ4v) is 4.82. The van der Waals surface area contributed by atoms with E-state index in [0.29, 0.717) is 45.5 Å². The number of ether oxygens (including phenoxy) is 3. The van der Waals surface area contributed by atoms with Gasteiger partial charge in [0.2, 0.25) is 11.1 Å². The fourth-order valence-electron chi connectivity index (χ4n) is 3.93. The molecule has 2 aromatic carbocycles. The summed E-state index contributed by atoms with van der Waals surface area (Å²) in [5.41, 5.74) is 2.88. The number of anilines is 1. The second kappa shape index (κ2) is 11.7. The highest BCUT2D eigenvalue weighted by Crippen LogP contribution is 2.40. The summed E-state index contributed by atoms with van der Waals surface area (Å²) in [6.07, 6.45) is 1.00. The van der Waals surface area contributed by atoms with Crippen LogP contribution in [0.25, 0.3) is 0 Å². The number of rotatable bonds is 10. The Balaban J connectivity index is 1.70. The van der Waals surface area contributed by atoms with Gasteiger partial charge >= 0.3 is 5.97 Å². The molecule has 0 fully saturated rings. The molecule has 0 aliphatic carbocycles. The summed E-state index contributed by atoms with van der Waals surface area (Å²) in [5, 5.41) is 9.23. The van der Waals surface area contributed by atoms with Crippen LogP contribution in [-0.2, 0) is 16.1 Å². The van der Waals surface area contributed by atoms with Crippen molar-refractivity contribution < 1.29 is 19.0 Å². The molecule has 2 heterocycles. The van der Waals surface area contributed by atoms with E-state index in [0.717, 1.165) is 23.3 Å². The lowest BCUT2D eigenvalue weighted by Gasteiger charge is -2.28. The van der Waals surface area contributed by atoms with Crippen molar-refractivity contribution in [2.24, 2.45) is 0 Å². The monoisotopic (exact) mass is 528 g/mol. The topological polar surface area (TPSA) is 87.5 Å². The van der Waals surface area contributed by atoms with Gasteiger partial charge in [-0.2, -0.15) is 4.98 Å². The van der Waals surface area contributed by atoms with Crippen LogP contribution in [0, 0.1) is 0 Å². The number of carbonyl (C=O) groups is 1. The molecule has 0 saturated carbocycles. The summed E-state index contributed by atoms with van der Waals surface area (Å²) < 4.78 is 18.8. The maximum absolute atomic E-state index is 13.0. The van der Waals surface area contributed by atoms with Gasteiger partial charge in [0.05, 0.1) is 19.3 Å². The third-order valence-corrected chi connectivity index (χ3v) is 6.83. The van der Waals surface area contributed by atoms with Crippen molar-refractivity contribution in [3.8, 4) is 11.5 Å². The van der Waals surface area contributed by atoms with Crippen LogP contribution in [0.5, 0.6) is 11.5 Å². The van der Waals surface area contributed by atoms with Gasteiger partial charge in [-0.05, 0) is 55.7 Å². The molecule has 1 aliphatic rings. The number of hydrogen-bond donors (Lipinski definition) is 1. The van der Waals surface area contributed by atoms with Gasteiger partial charge in [-0.1, -0.05) is 48.5 Å². The average molecular weight is 529 g/mol. The van der Waals surface area contributed by atoms with Gasteiger partial charge in [-0.3, -0.25) is 0 Å². The zero-order valence-electron chi connectivity index (χ0n) is 20.7. The van der Waals surface area contributed by atoms with Crippen molar-refractivity contribution in [1.82, 2.24) is 14.8 Å². The maximum atomic E-state index is 13.0. The molecule has 1 aromatic heterocycles. The molecule has 36 heavy (non-hydrogen) atoms. The smallest absolute Gasteiger partial charge is 0.338 e. The number of aromatic nitrogens is 3. The van der Waals surface area contributed by atoms with Crippen LogP contribution < -0.4 is 14.8 Å². The van der Waals surface area contributed by atoms with Crippen LogP contribution in [0.15, 0.2) is 58.9 Å². The van der Waals surface area contributed by atoms with Crippen molar-refractivity contribution in [2.75, 3.05) is 24.8 Å². The Labute approximate surface area is 220 Å². The lowest BCUT2D eigenvalue weighted by molar-refractivity contribution is -0.139. The first-order valence-corrected chi connectivity index (χ1v) is 13.1. The van der Waals surface area contributed by atoms with Crippen molar-refractivity contribution in [1.29, 1.82) is 0 Å². The van der Waals surface area contributed by atoms with Crippen LogP contribution >= 0.6 is 23.4 Å². The molecular weight excluding hydrogens is 500 g/mol. The van der Waals surface area contributed by atoms with Crippen LogP contribution in [0.3, 0.4) is 0 Å². The van der Waals surface area contributed by atoms with E-state index >= 15 is 0 Å². The van der Waals surface area contributed by atoms with Gasteiger partial charge in [-0.25, -0.2) is 9.48 Å². The van der Waals surface area contributed by atoms with Crippen molar-refractivity contribution in [2.45, 2.75) is 45.0 Å². The van der Waals surface area contributed by atoms with Gasteiger partial charge in [0.25, 0.3) is 0 Å². The highest BCUT2D eigenvalue weighted by Gasteiger charge is 2.35. The quantitative estimate of drug-likeness (QED) is 0.258. The summed E-state index contributed by atoms with van der Waals surface area (Å²) >= 11 is 7.67. The van der Waals surface area contributed by atoms with Crippen molar-refractivity contribution in [3.63, 3.8) is 0 Å². The Morgan fingerprint density at radius 2 is 2.03 bits per heavy atom. The average Bonchev–Trinajstić information content (AvgIpc) is 3.27. The predicted molar refractivity (Wildman–Crippen MR) is 141 cm³/mol. The number of nitrogens with one attached hydrogen (secondary N) is 1. The minimum atomic E-state index is -0.542. The number of allylic oxidation sites excluding steroid dienone is 1. The number of nitrogens with zero attached hydrogens (tertiary/aromatic N) is 3. The Morgan fingerprint density at radius 1 is 1.19 bits per heavy atom. The molecule has 10 heteroatoms. The number of thioether (sulfide) groups is 1. The number of methoxy groups -OCH3 is 1. The molecule has 0 bridgehead atoms. The molecule has 1 aliphatic heterocycles. The Bertz CT molecular complexity index is 1280. The highest BCUT2D eigenvalue weighted by molar-refractivity contribution is 7.99. The summed E-state index contributed by atoms with van der Waals surface area (Å²) in [6, 6.07) is 12.6. The van der Waals surface area contributed by atoms with Gasteiger partial charge in [0, 0.05) is 16.5 Å². The van der Waals surface area contributed by atoms with E-state index in [1.807, 2.05) is 49.4 Å². The lowest BCUT2D eigenvalue weighted by Crippen LogP contribution is -2.29. The number of halogens is 1. The van der Waals surface area contributed by atoms with Gasteiger partial charge in [-0.15, -0.1) is 5.10 Å². The third kappa shape index (κ3) is 5.63. The minimum absolute atomic E-state index is 0.268. The van der Waals surface area contributed by atoms with Crippen LogP contribution in [0.1, 0.15) is 44.4 Å². The van der Waals surface area contributed by atoms with Crippen molar-refractivity contribution >= 4 is 35.3 Å². The SMILES string of the molecule is CCCSc1nc2n(n1)C(c1ccc(OCc3cccc(Cl)c3)c(OC)c1)C(C(=O)OCC)=C(C)N2. The predicted octanol–water partition coefficient (Wildman–Crippen LogP) is 5.87. The largest absolute Gasteiger partial charge is 0.493 e. The molecule has 190 valence electrons. The first kappa shape index (κ1) is 25.9. The fraction of sp³-hybridized carbons (Fsp3) is 0.346. The van der Waals surface area contributed by atoms with Gasteiger partial charge in [0.15, 0.2) is 11.5 Å². The zero-order chi connectivity index (χ0) is 25.7. The van der Waals surface area contributed by atoms with E-state index in [-0.39, 0.29) is 6.61 Å². The van der Waals surface area contributed by atoms with Gasteiger partial charge < -0.3 is 19.5 Å².